The van der Waals surface area contributed by atoms with E-state index in [1.54, 1.807) is 10.9 Å². The molecule has 2 amide bonds. The Labute approximate surface area is 159 Å². The highest BCUT2D eigenvalue weighted by atomic mass is 16.5. The van der Waals surface area contributed by atoms with E-state index in [2.05, 4.69) is 15.3 Å². The SMILES string of the molecule is O=C(CN1CCOCC1)N1CCC(C(=O)NCC2CC2)(n2cccn2)CC1. The van der Waals surface area contributed by atoms with Crippen molar-refractivity contribution in [3.05, 3.63) is 18.5 Å². The molecule has 0 atom stereocenters. The fraction of sp³-hybridized carbons (Fsp3) is 0.737. The summed E-state index contributed by atoms with van der Waals surface area (Å²) in [5.41, 5.74) is -0.686. The van der Waals surface area contributed by atoms with Crippen LogP contribution in [0.25, 0.3) is 0 Å². The van der Waals surface area contributed by atoms with Crippen molar-refractivity contribution in [2.75, 3.05) is 52.5 Å². The summed E-state index contributed by atoms with van der Waals surface area (Å²) in [5.74, 6) is 0.821. The summed E-state index contributed by atoms with van der Waals surface area (Å²) in [6, 6.07) is 1.85. The first-order valence-corrected chi connectivity index (χ1v) is 10.0. The molecule has 8 nitrogen and oxygen atoms in total. The van der Waals surface area contributed by atoms with Crippen molar-refractivity contribution in [1.29, 1.82) is 0 Å². The van der Waals surface area contributed by atoms with Crippen molar-refractivity contribution >= 4 is 11.8 Å². The molecule has 0 spiro atoms. The van der Waals surface area contributed by atoms with Gasteiger partial charge in [-0.25, -0.2) is 0 Å². The number of ether oxygens (including phenoxy) is 1. The van der Waals surface area contributed by atoms with E-state index in [1.807, 2.05) is 17.2 Å². The van der Waals surface area contributed by atoms with Crippen molar-refractivity contribution in [2.24, 2.45) is 5.92 Å². The number of piperidine rings is 1. The summed E-state index contributed by atoms with van der Waals surface area (Å²) in [6.07, 6.45) is 7.19. The number of likely N-dealkylation sites (tertiary alicyclic amines) is 1. The van der Waals surface area contributed by atoms with E-state index in [4.69, 9.17) is 4.74 Å². The topological polar surface area (TPSA) is 79.7 Å². The number of amides is 2. The van der Waals surface area contributed by atoms with Gasteiger partial charge in [-0.2, -0.15) is 5.10 Å². The first-order valence-electron chi connectivity index (χ1n) is 10.0. The predicted octanol–water partition coefficient (Wildman–Crippen LogP) is 0.0592. The first-order chi connectivity index (χ1) is 13.2. The largest absolute Gasteiger partial charge is 0.379 e. The number of aromatic nitrogens is 2. The average Bonchev–Trinajstić information content (AvgIpc) is 3.37. The molecule has 27 heavy (non-hydrogen) atoms. The van der Waals surface area contributed by atoms with E-state index in [-0.39, 0.29) is 11.8 Å². The Hall–Kier alpha value is -1.93. The van der Waals surface area contributed by atoms with Crippen molar-refractivity contribution in [1.82, 2.24) is 24.9 Å². The summed E-state index contributed by atoms with van der Waals surface area (Å²) in [7, 11) is 0. The maximum atomic E-state index is 13.0. The second kappa shape index (κ2) is 7.98. The zero-order valence-electron chi connectivity index (χ0n) is 15.8. The molecule has 1 aromatic heterocycles. The number of hydrogen-bond acceptors (Lipinski definition) is 5. The van der Waals surface area contributed by atoms with Gasteiger partial charge in [0, 0.05) is 45.1 Å². The Kier molecular flexibility index (Phi) is 5.45. The van der Waals surface area contributed by atoms with E-state index in [0.29, 0.717) is 51.6 Å². The van der Waals surface area contributed by atoms with Crippen LogP contribution in [0, 0.1) is 5.92 Å². The lowest BCUT2D eigenvalue weighted by Gasteiger charge is -2.41. The van der Waals surface area contributed by atoms with Crippen LogP contribution in [0.5, 0.6) is 0 Å². The van der Waals surface area contributed by atoms with E-state index in [9.17, 15) is 9.59 Å². The Morgan fingerprint density at radius 1 is 1.15 bits per heavy atom. The van der Waals surface area contributed by atoms with Crippen molar-refractivity contribution in [2.45, 2.75) is 31.2 Å². The normalized spacial score (nSPS) is 23.2. The van der Waals surface area contributed by atoms with Crippen molar-refractivity contribution < 1.29 is 14.3 Å². The van der Waals surface area contributed by atoms with Gasteiger partial charge in [-0.05, 0) is 37.7 Å². The van der Waals surface area contributed by atoms with Gasteiger partial charge in [0.05, 0.1) is 19.8 Å². The Balaban J connectivity index is 1.38. The van der Waals surface area contributed by atoms with Crippen LogP contribution in [0.1, 0.15) is 25.7 Å². The minimum Gasteiger partial charge on any atom is -0.379 e. The highest BCUT2D eigenvalue weighted by Crippen LogP contribution is 2.32. The molecular weight excluding hydrogens is 346 g/mol. The van der Waals surface area contributed by atoms with Crippen LogP contribution in [0.3, 0.4) is 0 Å². The molecule has 2 saturated heterocycles. The zero-order valence-corrected chi connectivity index (χ0v) is 15.8. The number of nitrogens with one attached hydrogen (secondary N) is 1. The van der Waals surface area contributed by atoms with E-state index in [0.717, 1.165) is 19.6 Å². The van der Waals surface area contributed by atoms with Gasteiger partial charge in [-0.1, -0.05) is 0 Å². The van der Waals surface area contributed by atoms with Crippen molar-refractivity contribution in [3.63, 3.8) is 0 Å². The average molecular weight is 375 g/mol. The van der Waals surface area contributed by atoms with E-state index < -0.39 is 5.54 Å². The highest BCUT2D eigenvalue weighted by molar-refractivity contribution is 5.85. The van der Waals surface area contributed by atoms with E-state index in [1.165, 1.54) is 12.8 Å². The number of nitrogens with zero attached hydrogens (tertiary/aromatic N) is 4. The van der Waals surface area contributed by atoms with Crippen LogP contribution in [-0.4, -0.2) is 83.9 Å². The van der Waals surface area contributed by atoms with Gasteiger partial charge in [-0.3, -0.25) is 19.2 Å². The zero-order chi connectivity index (χ0) is 18.7. The van der Waals surface area contributed by atoms with Gasteiger partial charge in [0.2, 0.25) is 11.8 Å². The van der Waals surface area contributed by atoms with Gasteiger partial charge in [0.1, 0.15) is 5.54 Å². The number of carbonyl (C=O) groups is 2. The summed E-state index contributed by atoms with van der Waals surface area (Å²) >= 11 is 0. The van der Waals surface area contributed by atoms with Gasteiger partial charge >= 0.3 is 0 Å². The molecule has 3 fully saturated rings. The maximum absolute atomic E-state index is 13.0. The second-order valence-corrected chi connectivity index (χ2v) is 7.90. The molecule has 3 heterocycles. The summed E-state index contributed by atoms with van der Waals surface area (Å²) < 4.78 is 7.14. The molecule has 3 aliphatic rings. The van der Waals surface area contributed by atoms with Crippen LogP contribution in [0.4, 0.5) is 0 Å². The lowest BCUT2D eigenvalue weighted by atomic mass is 9.86. The molecule has 0 radical (unpaired) electrons. The standard InChI is InChI=1S/C19H29N5O3/c25-17(15-22-10-12-27-13-11-22)23-8-4-19(5-9-23,24-7-1-6-21-24)18(26)20-14-16-2-3-16/h1,6-7,16H,2-5,8-15H2,(H,20,26). The number of rotatable bonds is 6. The fourth-order valence-electron chi connectivity index (χ4n) is 3.98. The molecule has 1 aromatic rings. The summed E-state index contributed by atoms with van der Waals surface area (Å²) in [6.45, 7) is 5.35. The van der Waals surface area contributed by atoms with Crippen molar-refractivity contribution in [3.8, 4) is 0 Å². The third kappa shape index (κ3) is 4.16. The molecule has 8 heteroatoms. The number of morpholine rings is 1. The number of carbonyl (C=O) groups excluding carboxylic acids is 2. The summed E-state index contributed by atoms with van der Waals surface area (Å²) in [5, 5.41) is 7.50. The molecule has 0 unspecified atom stereocenters. The monoisotopic (exact) mass is 375 g/mol. The van der Waals surface area contributed by atoms with Crippen LogP contribution in [0.15, 0.2) is 18.5 Å². The molecular formula is C19H29N5O3. The van der Waals surface area contributed by atoms with Gasteiger partial charge < -0.3 is 15.0 Å². The molecule has 4 rings (SSSR count). The molecule has 0 aromatic carbocycles. The Bertz CT molecular complexity index is 644. The minimum atomic E-state index is -0.686. The molecule has 1 saturated carbocycles. The van der Waals surface area contributed by atoms with Crippen LogP contribution in [-0.2, 0) is 19.9 Å². The quantitative estimate of drug-likeness (QED) is 0.761. The molecule has 2 aliphatic heterocycles. The Morgan fingerprint density at radius 3 is 2.52 bits per heavy atom. The first kappa shape index (κ1) is 18.4. The second-order valence-electron chi connectivity index (χ2n) is 7.90. The van der Waals surface area contributed by atoms with Gasteiger partial charge in [0.25, 0.3) is 0 Å². The highest BCUT2D eigenvalue weighted by Gasteiger charge is 2.44. The number of hydrogen-bond donors (Lipinski definition) is 1. The molecule has 148 valence electrons. The van der Waals surface area contributed by atoms with Gasteiger partial charge in [-0.15, -0.1) is 0 Å². The van der Waals surface area contributed by atoms with Gasteiger partial charge in [0.15, 0.2) is 0 Å². The third-order valence-corrected chi connectivity index (χ3v) is 6.02. The third-order valence-electron chi connectivity index (χ3n) is 6.02. The molecule has 0 bridgehead atoms. The minimum absolute atomic E-state index is 0.0402. The van der Waals surface area contributed by atoms with Crippen LogP contribution < -0.4 is 5.32 Å². The Morgan fingerprint density at radius 2 is 1.89 bits per heavy atom. The smallest absolute Gasteiger partial charge is 0.248 e. The fourth-order valence-corrected chi connectivity index (χ4v) is 3.98. The lowest BCUT2D eigenvalue weighted by molar-refractivity contribution is -0.141. The molecule has 1 N–H and O–H groups in total. The maximum Gasteiger partial charge on any atom is 0.248 e. The van der Waals surface area contributed by atoms with Crippen LogP contribution in [0.2, 0.25) is 0 Å². The lowest BCUT2D eigenvalue weighted by Crippen LogP contribution is -2.57. The van der Waals surface area contributed by atoms with Crippen LogP contribution >= 0.6 is 0 Å². The van der Waals surface area contributed by atoms with E-state index >= 15 is 0 Å². The predicted molar refractivity (Wildman–Crippen MR) is 99.0 cm³/mol. The summed E-state index contributed by atoms with van der Waals surface area (Å²) in [4.78, 5) is 29.8. The molecule has 1 aliphatic carbocycles.